The van der Waals surface area contributed by atoms with Gasteiger partial charge < -0.3 is 5.73 Å². The standard InChI is InChI=1S/C8H8F3N.C7H4Cl2O/c9-8(10,11)7-4-2-1-3-6(7)5-12;8-6-2-1-5(4-10)7(9)3-6/h1-4H,5,12H2;1-4H. The summed E-state index contributed by atoms with van der Waals surface area (Å²) in [5.74, 6) is 0. The van der Waals surface area contributed by atoms with Gasteiger partial charge in [0.25, 0.3) is 0 Å². The van der Waals surface area contributed by atoms with Crippen molar-refractivity contribution in [1.82, 2.24) is 0 Å². The summed E-state index contributed by atoms with van der Waals surface area (Å²) >= 11 is 11.2. The van der Waals surface area contributed by atoms with E-state index in [0.29, 0.717) is 21.9 Å². The van der Waals surface area contributed by atoms with Crippen LogP contribution in [0.4, 0.5) is 13.2 Å². The van der Waals surface area contributed by atoms with E-state index in [0.717, 1.165) is 6.07 Å². The average molecular weight is 350 g/mol. The number of nitrogens with two attached hydrogens (primary N) is 1. The van der Waals surface area contributed by atoms with Crippen LogP contribution in [0.5, 0.6) is 0 Å². The van der Waals surface area contributed by atoms with Crippen molar-refractivity contribution in [3.8, 4) is 0 Å². The maximum atomic E-state index is 12.2. The highest BCUT2D eigenvalue weighted by Crippen LogP contribution is 2.31. The molecule has 0 saturated heterocycles. The molecule has 0 saturated carbocycles. The molecule has 0 fully saturated rings. The first kappa shape index (κ1) is 18.5. The Balaban J connectivity index is 0.000000224. The maximum absolute atomic E-state index is 12.2. The van der Waals surface area contributed by atoms with Crippen molar-refractivity contribution in [1.29, 1.82) is 0 Å². The quantitative estimate of drug-likeness (QED) is 0.777. The number of aldehydes is 1. The van der Waals surface area contributed by atoms with E-state index in [9.17, 15) is 18.0 Å². The Morgan fingerprint density at radius 2 is 1.73 bits per heavy atom. The smallest absolute Gasteiger partial charge is 0.326 e. The first-order valence-electron chi connectivity index (χ1n) is 6.05. The minimum atomic E-state index is -4.30. The molecule has 0 spiro atoms. The van der Waals surface area contributed by atoms with Crippen LogP contribution in [0.15, 0.2) is 42.5 Å². The highest BCUT2D eigenvalue weighted by molar-refractivity contribution is 6.36. The maximum Gasteiger partial charge on any atom is 0.416 e. The summed E-state index contributed by atoms with van der Waals surface area (Å²) in [6, 6.07) is 10.0. The second kappa shape index (κ2) is 8.17. The molecule has 118 valence electrons. The molecule has 0 bridgehead atoms. The summed E-state index contributed by atoms with van der Waals surface area (Å²) in [7, 11) is 0. The van der Waals surface area contributed by atoms with Crippen LogP contribution in [0.25, 0.3) is 0 Å². The summed E-state index contributed by atoms with van der Waals surface area (Å²) in [6.45, 7) is -0.0876. The third-order valence-corrected chi connectivity index (χ3v) is 3.19. The summed E-state index contributed by atoms with van der Waals surface area (Å²) < 4.78 is 36.5. The molecule has 0 unspecified atom stereocenters. The monoisotopic (exact) mass is 349 g/mol. The highest BCUT2D eigenvalue weighted by atomic mass is 35.5. The number of alkyl halides is 3. The molecule has 0 aromatic heterocycles. The molecule has 0 atom stereocenters. The van der Waals surface area contributed by atoms with Crippen LogP contribution in [0.1, 0.15) is 21.5 Å². The fraction of sp³-hybridized carbons (Fsp3) is 0.133. The Morgan fingerprint density at radius 1 is 1.09 bits per heavy atom. The number of carbonyl (C=O) groups excluding carboxylic acids is 1. The Hall–Kier alpha value is -1.56. The molecule has 7 heteroatoms. The van der Waals surface area contributed by atoms with E-state index in [1.807, 2.05) is 0 Å². The van der Waals surface area contributed by atoms with Crippen molar-refractivity contribution in [3.05, 3.63) is 69.2 Å². The van der Waals surface area contributed by atoms with Crippen LogP contribution >= 0.6 is 23.2 Å². The predicted octanol–water partition coefficient (Wildman–Crippen LogP) is 4.97. The first-order chi connectivity index (χ1) is 10.3. The van der Waals surface area contributed by atoms with Gasteiger partial charge in [-0.25, -0.2) is 0 Å². The SMILES string of the molecule is NCc1ccccc1C(F)(F)F.O=Cc1ccc(Cl)cc1Cl. The van der Waals surface area contributed by atoms with Crippen LogP contribution in [-0.4, -0.2) is 6.29 Å². The lowest BCUT2D eigenvalue weighted by molar-refractivity contribution is -0.138. The Kier molecular flexibility index (Phi) is 6.87. The Morgan fingerprint density at radius 3 is 2.18 bits per heavy atom. The van der Waals surface area contributed by atoms with Crippen molar-refractivity contribution < 1.29 is 18.0 Å². The van der Waals surface area contributed by atoms with Crippen LogP contribution < -0.4 is 5.73 Å². The summed E-state index contributed by atoms with van der Waals surface area (Å²) in [5, 5.41) is 0.929. The number of hydrogen-bond donors (Lipinski definition) is 1. The highest BCUT2D eigenvalue weighted by Gasteiger charge is 2.32. The second-order valence-corrected chi connectivity index (χ2v) is 4.99. The first-order valence-corrected chi connectivity index (χ1v) is 6.80. The topological polar surface area (TPSA) is 43.1 Å². The largest absolute Gasteiger partial charge is 0.416 e. The zero-order valence-electron chi connectivity index (χ0n) is 11.2. The molecule has 0 aliphatic rings. The molecule has 2 nitrogen and oxygen atoms in total. The van der Waals surface area contributed by atoms with Crippen LogP contribution in [-0.2, 0) is 12.7 Å². The van der Waals surface area contributed by atoms with Gasteiger partial charge in [0.1, 0.15) is 0 Å². The van der Waals surface area contributed by atoms with E-state index in [-0.39, 0.29) is 12.1 Å². The van der Waals surface area contributed by atoms with Crippen LogP contribution in [0.3, 0.4) is 0 Å². The summed E-state index contributed by atoms with van der Waals surface area (Å²) in [6.07, 6.45) is -3.60. The van der Waals surface area contributed by atoms with Gasteiger partial charge in [0.05, 0.1) is 10.6 Å². The number of hydrogen-bond acceptors (Lipinski definition) is 2. The van der Waals surface area contributed by atoms with E-state index in [1.165, 1.54) is 24.3 Å². The zero-order valence-corrected chi connectivity index (χ0v) is 12.7. The van der Waals surface area contributed by atoms with Crippen molar-refractivity contribution >= 4 is 29.5 Å². The third-order valence-electron chi connectivity index (χ3n) is 2.63. The van der Waals surface area contributed by atoms with Gasteiger partial charge in [0.2, 0.25) is 0 Å². The van der Waals surface area contributed by atoms with E-state index in [4.69, 9.17) is 28.9 Å². The van der Waals surface area contributed by atoms with Gasteiger partial charge in [-0.1, -0.05) is 41.4 Å². The number of rotatable bonds is 2. The van der Waals surface area contributed by atoms with Gasteiger partial charge in [-0.15, -0.1) is 0 Å². The second-order valence-electron chi connectivity index (χ2n) is 4.14. The summed E-state index contributed by atoms with van der Waals surface area (Å²) in [5.41, 5.74) is 5.10. The number of carbonyl (C=O) groups is 1. The van der Waals surface area contributed by atoms with Gasteiger partial charge in [-0.2, -0.15) is 13.2 Å². The third kappa shape index (κ3) is 5.33. The predicted molar refractivity (Wildman–Crippen MR) is 81.2 cm³/mol. The molecule has 2 aromatic rings. The van der Waals surface area contributed by atoms with E-state index in [2.05, 4.69) is 0 Å². The molecule has 22 heavy (non-hydrogen) atoms. The molecule has 2 N–H and O–H groups in total. The van der Waals surface area contributed by atoms with E-state index in [1.54, 1.807) is 12.1 Å². The Labute approximate surface area is 135 Å². The molecular weight excluding hydrogens is 338 g/mol. The van der Waals surface area contributed by atoms with E-state index < -0.39 is 11.7 Å². The minimum absolute atomic E-state index is 0.0876. The van der Waals surface area contributed by atoms with Crippen molar-refractivity contribution in [3.63, 3.8) is 0 Å². The molecule has 2 aromatic carbocycles. The molecule has 0 heterocycles. The van der Waals surface area contributed by atoms with Gasteiger partial charge in [0.15, 0.2) is 6.29 Å². The van der Waals surface area contributed by atoms with Crippen LogP contribution in [0, 0.1) is 0 Å². The average Bonchev–Trinajstić information content (AvgIpc) is 2.47. The normalized spacial score (nSPS) is 10.6. The molecule has 2 rings (SSSR count). The minimum Gasteiger partial charge on any atom is -0.326 e. The van der Waals surface area contributed by atoms with Crippen molar-refractivity contribution in [2.45, 2.75) is 12.7 Å². The number of benzene rings is 2. The van der Waals surface area contributed by atoms with Crippen molar-refractivity contribution in [2.24, 2.45) is 5.73 Å². The molecular formula is C15H12Cl2F3NO. The van der Waals surface area contributed by atoms with Gasteiger partial charge in [0, 0.05) is 17.1 Å². The lowest BCUT2D eigenvalue weighted by Crippen LogP contribution is -2.11. The molecule has 0 aliphatic heterocycles. The fourth-order valence-corrected chi connectivity index (χ4v) is 2.02. The lowest BCUT2D eigenvalue weighted by Gasteiger charge is -2.10. The fourth-order valence-electron chi connectivity index (χ4n) is 1.57. The van der Waals surface area contributed by atoms with Crippen LogP contribution in [0.2, 0.25) is 10.0 Å². The molecule has 0 amide bonds. The van der Waals surface area contributed by atoms with Gasteiger partial charge in [-0.05, 0) is 29.8 Å². The van der Waals surface area contributed by atoms with E-state index >= 15 is 0 Å². The summed E-state index contributed by atoms with van der Waals surface area (Å²) in [4.78, 5) is 10.2. The lowest BCUT2D eigenvalue weighted by atomic mass is 10.1. The Bertz CT molecular complexity index is 645. The molecule has 0 radical (unpaired) electrons. The molecule has 0 aliphatic carbocycles. The number of halogens is 5. The van der Waals surface area contributed by atoms with Crippen molar-refractivity contribution in [2.75, 3.05) is 0 Å². The zero-order chi connectivity index (χ0) is 16.8. The van der Waals surface area contributed by atoms with Gasteiger partial charge in [-0.3, -0.25) is 4.79 Å². The van der Waals surface area contributed by atoms with Gasteiger partial charge >= 0.3 is 6.18 Å².